The number of ether oxygens (including phenoxy) is 1. The second-order valence-corrected chi connectivity index (χ2v) is 10.0. The lowest BCUT2D eigenvalue weighted by Crippen LogP contribution is -2.39. The van der Waals surface area contributed by atoms with Crippen molar-refractivity contribution in [2.45, 2.75) is 17.4 Å². The van der Waals surface area contributed by atoms with Gasteiger partial charge in [-0.2, -0.15) is 0 Å². The molecule has 3 aromatic carbocycles. The van der Waals surface area contributed by atoms with E-state index in [1.807, 2.05) is 30.5 Å². The van der Waals surface area contributed by atoms with Gasteiger partial charge in [0.15, 0.2) is 0 Å². The number of sulfonamides is 1. The van der Waals surface area contributed by atoms with Crippen LogP contribution in [0.1, 0.15) is 27.0 Å². The van der Waals surface area contributed by atoms with E-state index in [2.05, 4.69) is 26.9 Å². The van der Waals surface area contributed by atoms with Gasteiger partial charge < -0.3 is 20.1 Å². The van der Waals surface area contributed by atoms with Crippen molar-refractivity contribution in [3.63, 3.8) is 0 Å². The third-order valence-corrected chi connectivity index (χ3v) is 7.38. The number of benzene rings is 3. The van der Waals surface area contributed by atoms with Crippen molar-refractivity contribution in [2.75, 3.05) is 20.8 Å². The van der Waals surface area contributed by atoms with E-state index in [0.717, 1.165) is 16.5 Å². The Hall–Kier alpha value is -4.10. The normalized spacial score (nSPS) is 12.0. The van der Waals surface area contributed by atoms with E-state index in [1.54, 1.807) is 37.4 Å². The van der Waals surface area contributed by atoms with Gasteiger partial charge in [0.05, 0.1) is 13.7 Å². The van der Waals surface area contributed by atoms with E-state index in [4.69, 9.17) is 4.74 Å². The SMILES string of the molecule is CNC(=O)c1cccc(C#Cc2ccc(OC)c(S(=O)(=O)N[C@@H](CO)Cc3c[nH]c4ccccc34)c2)c1. The summed E-state index contributed by atoms with van der Waals surface area (Å²) < 4.78 is 34.6. The summed E-state index contributed by atoms with van der Waals surface area (Å²) in [6, 6.07) is 18.4. The summed E-state index contributed by atoms with van der Waals surface area (Å²) in [6.07, 6.45) is 2.11. The van der Waals surface area contributed by atoms with Crippen molar-refractivity contribution in [1.29, 1.82) is 0 Å². The number of methoxy groups -OCH3 is 1. The van der Waals surface area contributed by atoms with Crippen LogP contribution in [0, 0.1) is 11.8 Å². The summed E-state index contributed by atoms with van der Waals surface area (Å²) >= 11 is 0. The molecule has 0 aliphatic heterocycles. The highest BCUT2D eigenvalue weighted by Crippen LogP contribution is 2.26. The van der Waals surface area contributed by atoms with Crippen LogP contribution in [0.4, 0.5) is 0 Å². The molecule has 0 aliphatic carbocycles. The molecule has 0 saturated carbocycles. The number of nitrogens with one attached hydrogen (secondary N) is 3. The van der Waals surface area contributed by atoms with Crippen molar-refractivity contribution in [3.8, 4) is 17.6 Å². The van der Waals surface area contributed by atoms with Gasteiger partial charge in [-0.25, -0.2) is 13.1 Å². The van der Waals surface area contributed by atoms with Gasteiger partial charge in [0.2, 0.25) is 10.0 Å². The zero-order chi connectivity index (χ0) is 26.4. The number of H-pyrrole nitrogens is 1. The van der Waals surface area contributed by atoms with Crippen molar-refractivity contribution in [2.24, 2.45) is 0 Å². The zero-order valence-corrected chi connectivity index (χ0v) is 21.2. The van der Waals surface area contributed by atoms with Gasteiger partial charge in [0, 0.05) is 46.9 Å². The summed E-state index contributed by atoms with van der Waals surface area (Å²) in [5.41, 5.74) is 3.36. The molecule has 0 radical (unpaired) electrons. The van der Waals surface area contributed by atoms with E-state index < -0.39 is 16.1 Å². The molecule has 4 N–H and O–H groups in total. The molecule has 0 bridgehead atoms. The number of aliphatic hydroxyl groups is 1. The lowest BCUT2D eigenvalue weighted by Gasteiger charge is -2.18. The predicted molar refractivity (Wildman–Crippen MR) is 142 cm³/mol. The maximum Gasteiger partial charge on any atom is 0.251 e. The monoisotopic (exact) mass is 517 g/mol. The Bertz CT molecular complexity index is 1600. The Kier molecular flexibility index (Phi) is 7.94. The topological polar surface area (TPSA) is 121 Å². The molecule has 1 aromatic heterocycles. The Morgan fingerprint density at radius 2 is 1.81 bits per heavy atom. The van der Waals surface area contributed by atoms with Crippen LogP contribution in [0.5, 0.6) is 5.75 Å². The van der Waals surface area contributed by atoms with Crippen molar-refractivity contribution >= 4 is 26.8 Å². The van der Waals surface area contributed by atoms with E-state index in [-0.39, 0.29) is 23.2 Å². The number of aliphatic hydroxyl groups excluding tert-OH is 1. The number of carbonyl (C=O) groups excluding carboxylic acids is 1. The van der Waals surface area contributed by atoms with Gasteiger partial charge in [0.25, 0.3) is 5.91 Å². The second-order valence-electron chi connectivity index (χ2n) is 8.34. The number of fused-ring (bicyclic) bond motifs is 1. The van der Waals surface area contributed by atoms with Crippen LogP contribution in [0.25, 0.3) is 10.9 Å². The van der Waals surface area contributed by atoms with Gasteiger partial charge in [-0.3, -0.25) is 4.79 Å². The molecule has 0 saturated heterocycles. The minimum Gasteiger partial charge on any atom is -0.495 e. The van der Waals surface area contributed by atoms with Crippen LogP contribution in [0.3, 0.4) is 0 Å². The minimum absolute atomic E-state index is 0.0849. The standard InChI is InChI=1S/C28H27N3O5S/c1-29-28(33)21-7-5-6-19(14-21)10-11-20-12-13-26(36-2)27(15-20)37(34,35)31-23(18-32)16-22-17-30-25-9-4-3-8-24(22)25/h3-9,12-15,17,23,30-32H,16,18H2,1-2H3,(H,29,33)/t23-/m1/s1. The summed E-state index contributed by atoms with van der Waals surface area (Å²) in [5.74, 6) is 5.85. The fourth-order valence-corrected chi connectivity index (χ4v) is 5.41. The van der Waals surface area contributed by atoms with Gasteiger partial charge >= 0.3 is 0 Å². The summed E-state index contributed by atoms with van der Waals surface area (Å²) in [5, 5.41) is 13.5. The molecule has 9 heteroatoms. The summed E-state index contributed by atoms with van der Waals surface area (Å²) in [7, 11) is -1.12. The fraction of sp³-hybridized carbons (Fsp3) is 0.179. The number of aromatic amines is 1. The van der Waals surface area contributed by atoms with Crippen molar-refractivity contribution in [3.05, 3.63) is 95.2 Å². The Labute approximate surface area is 215 Å². The van der Waals surface area contributed by atoms with Crippen LogP contribution in [-0.2, 0) is 16.4 Å². The Balaban J connectivity index is 1.59. The summed E-state index contributed by atoms with van der Waals surface area (Å²) in [4.78, 5) is 15.0. The first kappa shape index (κ1) is 26.0. The number of hydrogen-bond acceptors (Lipinski definition) is 5. The van der Waals surface area contributed by atoms with Crippen LogP contribution < -0.4 is 14.8 Å². The van der Waals surface area contributed by atoms with E-state index >= 15 is 0 Å². The van der Waals surface area contributed by atoms with Crippen molar-refractivity contribution in [1.82, 2.24) is 15.0 Å². The van der Waals surface area contributed by atoms with Gasteiger partial charge in [0.1, 0.15) is 10.6 Å². The number of aromatic nitrogens is 1. The van der Waals surface area contributed by atoms with Crippen LogP contribution >= 0.6 is 0 Å². The molecular weight excluding hydrogens is 490 g/mol. The first-order valence-corrected chi connectivity index (χ1v) is 13.0. The van der Waals surface area contributed by atoms with Crippen LogP contribution in [0.2, 0.25) is 0 Å². The number of amides is 1. The molecular formula is C28H27N3O5S. The molecule has 4 aromatic rings. The number of carbonyl (C=O) groups is 1. The average molecular weight is 518 g/mol. The zero-order valence-electron chi connectivity index (χ0n) is 20.4. The van der Waals surface area contributed by atoms with Crippen LogP contribution in [-0.4, -0.2) is 51.2 Å². The molecule has 0 aliphatic rings. The largest absolute Gasteiger partial charge is 0.495 e. The molecule has 190 valence electrons. The summed E-state index contributed by atoms with van der Waals surface area (Å²) in [6.45, 7) is -0.387. The maximum absolute atomic E-state index is 13.3. The Morgan fingerprint density at radius 1 is 1.05 bits per heavy atom. The van der Waals surface area contributed by atoms with Gasteiger partial charge in [-0.05, 0) is 54.4 Å². The van der Waals surface area contributed by atoms with Crippen LogP contribution in [0.15, 0.2) is 77.8 Å². The first-order valence-electron chi connectivity index (χ1n) is 11.5. The minimum atomic E-state index is -4.06. The number of rotatable bonds is 8. The van der Waals surface area contributed by atoms with E-state index in [1.165, 1.54) is 19.2 Å². The molecule has 0 spiro atoms. The highest BCUT2D eigenvalue weighted by molar-refractivity contribution is 7.89. The maximum atomic E-state index is 13.3. The predicted octanol–water partition coefficient (Wildman–Crippen LogP) is 2.82. The second kappa shape index (κ2) is 11.3. The van der Waals surface area contributed by atoms with Gasteiger partial charge in [-0.1, -0.05) is 36.1 Å². The molecule has 1 heterocycles. The third-order valence-electron chi connectivity index (χ3n) is 5.84. The fourth-order valence-electron chi connectivity index (χ4n) is 3.98. The molecule has 1 atom stereocenters. The Morgan fingerprint density at radius 3 is 2.54 bits per heavy atom. The molecule has 0 fully saturated rings. The van der Waals surface area contributed by atoms with E-state index in [9.17, 15) is 18.3 Å². The first-order chi connectivity index (χ1) is 17.8. The highest BCUT2D eigenvalue weighted by atomic mass is 32.2. The van der Waals surface area contributed by atoms with E-state index in [0.29, 0.717) is 23.1 Å². The number of hydrogen-bond donors (Lipinski definition) is 4. The lowest BCUT2D eigenvalue weighted by atomic mass is 10.1. The van der Waals surface area contributed by atoms with Gasteiger partial charge in [-0.15, -0.1) is 0 Å². The average Bonchev–Trinajstić information content (AvgIpc) is 3.33. The molecule has 1 amide bonds. The van der Waals surface area contributed by atoms with Crippen molar-refractivity contribution < 1.29 is 23.1 Å². The third kappa shape index (κ3) is 6.01. The molecule has 8 nitrogen and oxygen atoms in total. The lowest BCUT2D eigenvalue weighted by molar-refractivity contribution is 0.0963. The number of para-hydroxylation sites is 1. The smallest absolute Gasteiger partial charge is 0.251 e. The quantitative estimate of drug-likeness (QED) is 0.268. The molecule has 0 unspecified atom stereocenters. The molecule has 37 heavy (non-hydrogen) atoms. The highest BCUT2D eigenvalue weighted by Gasteiger charge is 2.24. The molecule has 4 rings (SSSR count).